The van der Waals surface area contributed by atoms with E-state index in [2.05, 4.69) is 13.8 Å². The van der Waals surface area contributed by atoms with Crippen LogP contribution in [0.5, 0.6) is 0 Å². The van der Waals surface area contributed by atoms with Crippen molar-refractivity contribution in [2.24, 2.45) is 23.7 Å². The lowest BCUT2D eigenvalue weighted by Crippen LogP contribution is -2.60. The lowest BCUT2D eigenvalue weighted by Gasteiger charge is -2.52. The fourth-order valence-electron chi connectivity index (χ4n) is 7.74. The number of rotatable bonds is 2. The summed E-state index contributed by atoms with van der Waals surface area (Å²) in [7, 11) is 1.56. The van der Waals surface area contributed by atoms with E-state index in [9.17, 15) is 20.1 Å². The molecule has 0 amide bonds. The van der Waals surface area contributed by atoms with Crippen molar-refractivity contribution in [2.45, 2.75) is 121 Å². The van der Waals surface area contributed by atoms with Gasteiger partial charge in [-0.15, -0.1) is 0 Å². The Balaban J connectivity index is 1.55. The molecule has 5 aliphatic rings. The number of aliphatic hydroxyl groups is 3. The van der Waals surface area contributed by atoms with E-state index >= 15 is 0 Å². The second-order valence-electron chi connectivity index (χ2n) is 13.8. The van der Waals surface area contributed by atoms with Crippen LogP contribution in [0.1, 0.15) is 67.2 Å². The number of fused-ring (bicyclic) bond motifs is 2. The molecule has 0 aromatic carbocycles. The number of hydrogen-bond donors (Lipinski definition) is 3. The van der Waals surface area contributed by atoms with Crippen molar-refractivity contribution in [3.63, 3.8) is 0 Å². The molecule has 240 valence electrons. The van der Waals surface area contributed by atoms with Gasteiger partial charge in [-0.25, -0.2) is 0 Å². The third kappa shape index (κ3) is 6.07. The number of carbonyl (C=O) groups excluding carboxylic acids is 1. The SMILES string of the molecule is COC1C(C)=CC2C(=O)OC3CC(CC=C(C)C(O)C(C)C=CC=C4COC1C42O)OC1(C3)CC(O)C(C)C(C(C)C)O1. The number of ether oxygens (including phenoxy) is 5. The summed E-state index contributed by atoms with van der Waals surface area (Å²) < 4.78 is 31.3. The molecule has 0 radical (unpaired) electrons. The smallest absolute Gasteiger partial charge is 0.316 e. The van der Waals surface area contributed by atoms with Gasteiger partial charge in [-0.2, -0.15) is 0 Å². The van der Waals surface area contributed by atoms with Crippen LogP contribution >= 0.6 is 0 Å². The van der Waals surface area contributed by atoms with E-state index in [1.165, 1.54) is 0 Å². The van der Waals surface area contributed by atoms with Crippen molar-refractivity contribution in [1.29, 1.82) is 0 Å². The molecular weight excluding hydrogens is 552 g/mol. The molecule has 0 saturated carbocycles. The molecule has 1 aliphatic carbocycles. The highest BCUT2D eigenvalue weighted by molar-refractivity contribution is 5.78. The number of methoxy groups -OCH3 is 1. The summed E-state index contributed by atoms with van der Waals surface area (Å²) in [5, 5.41) is 34.5. The zero-order chi connectivity index (χ0) is 31.3. The Labute approximate surface area is 255 Å². The van der Waals surface area contributed by atoms with Crippen LogP contribution < -0.4 is 0 Å². The Bertz CT molecular complexity index is 1170. The molecule has 12 unspecified atom stereocenters. The zero-order valence-electron chi connectivity index (χ0n) is 26.6. The minimum absolute atomic E-state index is 0.0733. The lowest BCUT2D eigenvalue weighted by molar-refractivity contribution is -0.353. The predicted molar refractivity (Wildman–Crippen MR) is 160 cm³/mol. The number of esters is 1. The van der Waals surface area contributed by atoms with Crippen LogP contribution in [0.2, 0.25) is 0 Å². The molecule has 4 aliphatic heterocycles. The lowest BCUT2D eigenvalue weighted by atomic mass is 9.70. The van der Waals surface area contributed by atoms with Crippen molar-refractivity contribution in [3.05, 3.63) is 47.1 Å². The largest absolute Gasteiger partial charge is 0.462 e. The Hall–Kier alpha value is -1.85. The van der Waals surface area contributed by atoms with E-state index < -0.39 is 53.8 Å². The summed E-state index contributed by atoms with van der Waals surface area (Å²) >= 11 is 0. The molecule has 3 fully saturated rings. The van der Waals surface area contributed by atoms with Gasteiger partial charge in [0.2, 0.25) is 0 Å². The van der Waals surface area contributed by atoms with Gasteiger partial charge in [-0.1, -0.05) is 58.1 Å². The topological polar surface area (TPSA) is 124 Å². The van der Waals surface area contributed by atoms with Crippen LogP contribution in [0, 0.1) is 23.7 Å². The van der Waals surface area contributed by atoms with Crippen molar-refractivity contribution in [1.82, 2.24) is 0 Å². The van der Waals surface area contributed by atoms with Crippen molar-refractivity contribution in [3.8, 4) is 0 Å². The van der Waals surface area contributed by atoms with E-state index in [-0.39, 0.29) is 49.4 Å². The van der Waals surface area contributed by atoms with Crippen LogP contribution in [-0.4, -0.2) is 89.1 Å². The minimum Gasteiger partial charge on any atom is -0.462 e. The van der Waals surface area contributed by atoms with Gasteiger partial charge in [-0.3, -0.25) is 4.79 Å². The van der Waals surface area contributed by atoms with Gasteiger partial charge < -0.3 is 39.0 Å². The Morgan fingerprint density at radius 1 is 1.07 bits per heavy atom. The summed E-state index contributed by atoms with van der Waals surface area (Å²) in [4.78, 5) is 14.1. The first-order valence-corrected chi connectivity index (χ1v) is 15.8. The first-order valence-electron chi connectivity index (χ1n) is 15.8. The van der Waals surface area contributed by atoms with Crippen molar-refractivity contribution in [2.75, 3.05) is 13.7 Å². The molecule has 9 heteroatoms. The highest BCUT2D eigenvalue weighted by Crippen LogP contribution is 2.48. The van der Waals surface area contributed by atoms with Crippen molar-refractivity contribution >= 4 is 5.97 Å². The number of allylic oxidation sites excluding steroid dienone is 2. The monoisotopic (exact) mass is 602 g/mol. The van der Waals surface area contributed by atoms with Crippen molar-refractivity contribution < 1.29 is 43.8 Å². The second kappa shape index (κ2) is 12.5. The molecule has 5 rings (SSSR count). The Morgan fingerprint density at radius 3 is 2.51 bits per heavy atom. The molecule has 3 N–H and O–H groups in total. The highest BCUT2D eigenvalue weighted by atomic mass is 16.7. The minimum atomic E-state index is -1.67. The first-order chi connectivity index (χ1) is 20.3. The summed E-state index contributed by atoms with van der Waals surface area (Å²) in [6.07, 6.45) is 6.79. The summed E-state index contributed by atoms with van der Waals surface area (Å²) in [5.41, 5.74) is 0.479. The van der Waals surface area contributed by atoms with E-state index in [0.717, 1.165) is 11.1 Å². The normalized spacial score (nSPS) is 45.7. The second-order valence-corrected chi connectivity index (χ2v) is 13.8. The maximum Gasteiger partial charge on any atom is 0.316 e. The number of hydrogen-bond acceptors (Lipinski definition) is 9. The molecular formula is C34H50O9. The molecule has 9 nitrogen and oxygen atoms in total. The Kier molecular flexibility index (Phi) is 9.46. The summed E-state index contributed by atoms with van der Waals surface area (Å²) in [5.74, 6) is -2.82. The molecule has 0 aromatic heterocycles. The molecule has 1 spiro atoms. The predicted octanol–water partition coefficient (Wildman–Crippen LogP) is 3.77. The fraction of sp³-hybridized carbons (Fsp3) is 0.735. The van der Waals surface area contributed by atoms with E-state index in [1.54, 1.807) is 25.3 Å². The van der Waals surface area contributed by atoms with E-state index in [1.807, 2.05) is 39.8 Å². The number of aliphatic hydroxyl groups excluding tert-OH is 2. The van der Waals surface area contributed by atoms with Gasteiger partial charge >= 0.3 is 5.97 Å². The molecule has 2 bridgehead atoms. The van der Waals surface area contributed by atoms with Crippen LogP contribution in [-0.2, 0) is 28.5 Å². The maximum absolute atomic E-state index is 14.1. The Morgan fingerprint density at radius 2 is 1.81 bits per heavy atom. The van der Waals surface area contributed by atoms with Gasteiger partial charge in [0.05, 0.1) is 31.0 Å². The van der Waals surface area contributed by atoms with Gasteiger partial charge in [0.1, 0.15) is 29.8 Å². The van der Waals surface area contributed by atoms with Gasteiger partial charge in [-0.05, 0) is 42.9 Å². The average Bonchev–Trinajstić information content (AvgIpc) is 3.28. The molecule has 4 heterocycles. The van der Waals surface area contributed by atoms with Crippen LogP contribution in [0.3, 0.4) is 0 Å². The standard InChI is InChI=1S/C34H50O9/c1-18(2)29-22(6)27(35)16-33(43-29)15-25-14-24(42-33)12-11-20(4)28(36)19(3)9-8-10-23-17-40-31-30(39-7)21(5)13-26(32(37)41-25)34(23,31)38/h8-11,13,18-19,22,24-31,35-36,38H,12,14-17H2,1-7H3. The molecule has 43 heavy (non-hydrogen) atoms. The number of carbonyl (C=O) groups is 1. The fourth-order valence-corrected chi connectivity index (χ4v) is 7.74. The molecule has 12 atom stereocenters. The molecule has 0 aromatic rings. The summed E-state index contributed by atoms with van der Waals surface area (Å²) in [6, 6.07) is 0. The van der Waals surface area contributed by atoms with Crippen LogP contribution in [0.15, 0.2) is 47.1 Å². The van der Waals surface area contributed by atoms with Gasteiger partial charge in [0, 0.05) is 38.2 Å². The van der Waals surface area contributed by atoms with Crippen LogP contribution in [0.4, 0.5) is 0 Å². The third-order valence-electron chi connectivity index (χ3n) is 10.3. The zero-order valence-corrected chi connectivity index (χ0v) is 26.6. The highest BCUT2D eigenvalue weighted by Gasteiger charge is 2.60. The first kappa shape index (κ1) is 32.5. The third-order valence-corrected chi connectivity index (χ3v) is 10.3. The maximum atomic E-state index is 14.1. The summed E-state index contributed by atoms with van der Waals surface area (Å²) in [6.45, 7) is 12.0. The van der Waals surface area contributed by atoms with Gasteiger partial charge in [0.15, 0.2) is 5.79 Å². The quantitative estimate of drug-likeness (QED) is 0.320. The average molecular weight is 603 g/mol. The molecule has 3 saturated heterocycles. The van der Waals surface area contributed by atoms with Gasteiger partial charge in [0.25, 0.3) is 0 Å². The van der Waals surface area contributed by atoms with E-state index in [4.69, 9.17) is 23.7 Å². The van der Waals surface area contributed by atoms with Crippen LogP contribution in [0.25, 0.3) is 0 Å². The van der Waals surface area contributed by atoms with E-state index in [0.29, 0.717) is 18.4 Å².